The van der Waals surface area contributed by atoms with Crippen LogP contribution in [-0.4, -0.2) is 38.1 Å². The smallest absolute Gasteiger partial charge is 0.282 e. The van der Waals surface area contributed by atoms with Crippen molar-refractivity contribution in [2.24, 2.45) is 0 Å². The standard InChI is InChI=1S/C18H20F2N4O/c1-13(18(25)22-16-6-5-14(19)12-15(16)20)23-8-10-24(11-9-23)17-4-2-3-7-21-17/h2-7,12-13H,8-11H2,1H3,(H,22,25)/p+2/t13-/m0/s1. The Kier molecular flexibility index (Phi) is 5.23. The summed E-state index contributed by atoms with van der Waals surface area (Å²) >= 11 is 0. The van der Waals surface area contributed by atoms with Crippen LogP contribution in [0.2, 0.25) is 0 Å². The number of nitrogens with one attached hydrogen (secondary N) is 3. The summed E-state index contributed by atoms with van der Waals surface area (Å²) in [6.07, 6.45) is 1.89. The SMILES string of the molecule is C[C@@H](C(=O)Nc1ccc(F)cc1F)[NH+]1CCN(c2cccc[nH+]2)CC1. The number of amides is 1. The molecule has 1 aromatic carbocycles. The largest absolute Gasteiger partial charge is 0.318 e. The van der Waals surface area contributed by atoms with E-state index in [1.165, 1.54) is 6.07 Å². The van der Waals surface area contributed by atoms with Crippen molar-refractivity contribution in [1.82, 2.24) is 0 Å². The van der Waals surface area contributed by atoms with Crippen molar-refractivity contribution in [3.8, 4) is 0 Å². The van der Waals surface area contributed by atoms with Crippen LogP contribution < -0.4 is 20.1 Å². The van der Waals surface area contributed by atoms with E-state index in [-0.39, 0.29) is 17.6 Å². The minimum atomic E-state index is -0.764. The van der Waals surface area contributed by atoms with Gasteiger partial charge in [-0.2, -0.15) is 0 Å². The molecule has 5 nitrogen and oxygen atoms in total. The van der Waals surface area contributed by atoms with Crippen molar-refractivity contribution in [2.45, 2.75) is 13.0 Å². The number of quaternary nitrogens is 1. The van der Waals surface area contributed by atoms with Crippen molar-refractivity contribution in [1.29, 1.82) is 0 Å². The molecule has 25 heavy (non-hydrogen) atoms. The van der Waals surface area contributed by atoms with E-state index in [0.29, 0.717) is 0 Å². The van der Waals surface area contributed by atoms with Crippen LogP contribution in [0.5, 0.6) is 0 Å². The van der Waals surface area contributed by atoms with Crippen molar-refractivity contribution in [2.75, 3.05) is 36.4 Å². The van der Waals surface area contributed by atoms with E-state index < -0.39 is 11.6 Å². The summed E-state index contributed by atoms with van der Waals surface area (Å²) in [6.45, 7) is 5.11. The van der Waals surface area contributed by atoms with Gasteiger partial charge in [0.25, 0.3) is 11.7 Å². The molecule has 1 aliphatic heterocycles. The van der Waals surface area contributed by atoms with Crippen LogP contribution in [0.25, 0.3) is 0 Å². The molecule has 7 heteroatoms. The first-order chi connectivity index (χ1) is 12.0. The van der Waals surface area contributed by atoms with E-state index in [1.807, 2.05) is 31.3 Å². The van der Waals surface area contributed by atoms with Crippen LogP contribution in [0.3, 0.4) is 0 Å². The van der Waals surface area contributed by atoms with E-state index in [9.17, 15) is 13.6 Å². The number of pyridine rings is 1. The zero-order valence-electron chi connectivity index (χ0n) is 14.1. The van der Waals surface area contributed by atoms with Crippen molar-refractivity contribution in [3.05, 3.63) is 54.2 Å². The van der Waals surface area contributed by atoms with Crippen molar-refractivity contribution >= 4 is 17.4 Å². The van der Waals surface area contributed by atoms with Gasteiger partial charge in [0.1, 0.15) is 37.8 Å². The lowest BCUT2D eigenvalue weighted by molar-refractivity contribution is -0.914. The molecule has 0 spiro atoms. The molecule has 132 valence electrons. The summed E-state index contributed by atoms with van der Waals surface area (Å²) in [5.74, 6) is -0.629. The Balaban J connectivity index is 1.56. The molecule has 1 aromatic heterocycles. The third kappa shape index (κ3) is 4.11. The second-order valence-corrected chi connectivity index (χ2v) is 6.23. The van der Waals surface area contributed by atoms with Crippen LogP contribution in [0.1, 0.15) is 6.92 Å². The Hall–Kier alpha value is -2.54. The van der Waals surface area contributed by atoms with Crippen molar-refractivity contribution < 1.29 is 23.5 Å². The maximum atomic E-state index is 13.7. The summed E-state index contributed by atoms with van der Waals surface area (Å²) in [5, 5.41) is 2.56. The van der Waals surface area contributed by atoms with E-state index >= 15 is 0 Å². The van der Waals surface area contributed by atoms with E-state index in [1.54, 1.807) is 0 Å². The van der Waals surface area contributed by atoms with E-state index in [2.05, 4.69) is 15.2 Å². The zero-order valence-corrected chi connectivity index (χ0v) is 14.1. The molecular formula is C18H22F2N4O+2. The van der Waals surface area contributed by atoms with Gasteiger partial charge in [0, 0.05) is 12.1 Å². The molecule has 1 aliphatic rings. The first kappa shape index (κ1) is 17.3. The number of piperazine rings is 1. The average molecular weight is 348 g/mol. The van der Waals surface area contributed by atoms with Crippen LogP contribution in [0.15, 0.2) is 42.6 Å². The fraction of sp³-hybridized carbons (Fsp3) is 0.333. The number of aromatic amines is 1. The fourth-order valence-corrected chi connectivity index (χ4v) is 3.07. The number of rotatable bonds is 4. The normalized spacial score (nSPS) is 16.5. The lowest BCUT2D eigenvalue weighted by Crippen LogP contribution is -3.19. The van der Waals surface area contributed by atoms with Gasteiger partial charge in [-0.25, -0.2) is 13.8 Å². The minimum absolute atomic E-state index is 0.00942. The van der Waals surface area contributed by atoms with Gasteiger partial charge in [0.05, 0.1) is 11.9 Å². The second-order valence-electron chi connectivity index (χ2n) is 6.23. The summed E-state index contributed by atoms with van der Waals surface area (Å²) in [4.78, 5) is 19.0. The Labute approximate surface area is 145 Å². The highest BCUT2D eigenvalue weighted by atomic mass is 19.1. The molecule has 3 N–H and O–H groups in total. The molecule has 1 atom stereocenters. The van der Waals surface area contributed by atoms with Gasteiger partial charge >= 0.3 is 0 Å². The Morgan fingerprint density at radius 3 is 2.64 bits per heavy atom. The second kappa shape index (κ2) is 7.57. The van der Waals surface area contributed by atoms with Gasteiger partial charge in [-0.05, 0) is 25.1 Å². The van der Waals surface area contributed by atoms with Crippen LogP contribution in [0, 0.1) is 11.6 Å². The first-order valence-corrected chi connectivity index (χ1v) is 8.37. The number of nitrogens with zero attached hydrogens (tertiary/aromatic N) is 1. The predicted molar refractivity (Wildman–Crippen MR) is 90.4 cm³/mol. The molecular weight excluding hydrogens is 326 g/mol. The molecule has 0 aliphatic carbocycles. The third-order valence-electron chi connectivity index (χ3n) is 4.63. The Morgan fingerprint density at radius 1 is 1.24 bits per heavy atom. The highest BCUT2D eigenvalue weighted by molar-refractivity contribution is 5.93. The lowest BCUT2D eigenvalue weighted by atomic mass is 10.2. The number of anilines is 2. The molecule has 2 aromatic rings. The molecule has 0 radical (unpaired) electrons. The third-order valence-corrected chi connectivity index (χ3v) is 4.63. The Morgan fingerprint density at radius 2 is 2.00 bits per heavy atom. The number of aromatic nitrogens is 1. The number of carbonyl (C=O) groups is 1. The number of hydrogen-bond acceptors (Lipinski definition) is 2. The van der Waals surface area contributed by atoms with Gasteiger partial charge in [-0.3, -0.25) is 9.69 Å². The topological polar surface area (TPSA) is 50.9 Å². The van der Waals surface area contributed by atoms with Gasteiger partial charge < -0.3 is 10.2 Å². The monoisotopic (exact) mass is 348 g/mol. The average Bonchev–Trinajstić information content (AvgIpc) is 2.64. The van der Waals surface area contributed by atoms with Crippen LogP contribution >= 0.6 is 0 Å². The fourth-order valence-electron chi connectivity index (χ4n) is 3.07. The molecule has 1 saturated heterocycles. The summed E-state index contributed by atoms with van der Waals surface area (Å²) in [7, 11) is 0. The molecule has 0 saturated carbocycles. The van der Waals surface area contributed by atoms with Gasteiger partial charge in [0.15, 0.2) is 6.04 Å². The van der Waals surface area contributed by atoms with Gasteiger partial charge in [-0.15, -0.1) is 0 Å². The number of benzene rings is 1. The van der Waals surface area contributed by atoms with Crippen molar-refractivity contribution in [3.63, 3.8) is 0 Å². The maximum absolute atomic E-state index is 13.7. The summed E-state index contributed by atoms with van der Waals surface area (Å²) < 4.78 is 26.6. The quantitative estimate of drug-likeness (QED) is 0.846. The lowest BCUT2D eigenvalue weighted by Gasteiger charge is -2.31. The van der Waals surface area contributed by atoms with Gasteiger partial charge in [-0.1, -0.05) is 6.07 Å². The Bertz CT molecular complexity index is 733. The number of carbonyl (C=O) groups excluding carboxylic acids is 1. The number of H-pyrrole nitrogens is 1. The first-order valence-electron chi connectivity index (χ1n) is 8.37. The molecule has 0 unspecified atom stereocenters. The van der Waals surface area contributed by atoms with Crippen LogP contribution in [0.4, 0.5) is 20.3 Å². The van der Waals surface area contributed by atoms with E-state index in [4.69, 9.17) is 0 Å². The van der Waals surface area contributed by atoms with E-state index in [0.717, 1.165) is 49.0 Å². The van der Waals surface area contributed by atoms with Crippen LogP contribution in [-0.2, 0) is 4.79 Å². The predicted octanol–water partition coefficient (Wildman–Crippen LogP) is 0.511. The summed E-state index contributed by atoms with van der Waals surface area (Å²) in [5.41, 5.74) is 0.00942. The number of hydrogen-bond donors (Lipinski definition) is 2. The molecule has 1 fully saturated rings. The zero-order chi connectivity index (χ0) is 17.8. The minimum Gasteiger partial charge on any atom is -0.318 e. The summed E-state index contributed by atoms with van der Waals surface area (Å²) in [6, 6.07) is 8.77. The molecule has 2 heterocycles. The number of halogens is 2. The van der Waals surface area contributed by atoms with Gasteiger partial charge in [0.2, 0.25) is 0 Å². The maximum Gasteiger partial charge on any atom is 0.282 e. The highest BCUT2D eigenvalue weighted by Crippen LogP contribution is 2.15. The molecule has 1 amide bonds. The molecule has 0 bridgehead atoms. The highest BCUT2D eigenvalue weighted by Gasteiger charge is 2.32. The molecule has 3 rings (SSSR count).